The summed E-state index contributed by atoms with van der Waals surface area (Å²) in [6.45, 7) is 2.13. The number of hydrogen-bond donors (Lipinski definition) is 1. The van der Waals surface area contributed by atoms with Crippen LogP contribution in [-0.4, -0.2) is 7.11 Å². The highest BCUT2D eigenvalue weighted by Crippen LogP contribution is 2.25. The molecular weight excluding hydrogens is 162 g/mol. The van der Waals surface area contributed by atoms with Crippen LogP contribution < -0.4 is 10.5 Å². The summed E-state index contributed by atoms with van der Waals surface area (Å²) < 4.78 is 5.23. The average Bonchev–Trinajstić information content (AvgIpc) is 2.18. The van der Waals surface area contributed by atoms with Gasteiger partial charge in [-0.3, -0.25) is 0 Å². The second-order valence-corrected chi connectivity index (χ2v) is 3.14. The molecule has 0 saturated heterocycles. The summed E-state index contributed by atoms with van der Waals surface area (Å²) in [6.07, 6.45) is 2.10. The zero-order chi connectivity index (χ0) is 9.68. The highest BCUT2D eigenvalue weighted by Gasteiger charge is 2.09. The largest absolute Gasteiger partial charge is 0.496 e. The monoisotopic (exact) mass is 179 g/mol. The van der Waals surface area contributed by atoms with Crippen molar-refractivity contribution < 1.29 is 4.74 Å². The van der Waals surface area contributed by atoms with Crippen molar-refractivity contribution in [3.05, 3.63) is 29.8 Å². The Labute approximate surface area is 79.7 Å². The van der Waals surface area contributed by atoms with E-state index in [0.717, 1.165) is 24.2 Å². The molecule has 1 atom stereocenters. The Morgan fingerprint density at radius 1 is 1.38 bits per heavy atom. The van der Waals surface area contributed by atoms with Gasteiger partial charge in [-0.1, -0.05) is 31.5 Å². The van der Waals surface area contributed by atoms with Gasteiger partial charge in [0.05, 0.1) is 7.11 Å². The van der Waals surface area contributed by atoms with E-state index in [4.69, 9.17) is 10.5 Å². The Morgan fingerprint density at radius 2 is 2.08 bits per heavy atom. The van der Waals surface area contributed by atoms with Crippen LogP contribution in [0, 0.1) is 0 Å². The molecule has 2 nitrogen and oxygen atoms in total. The van der Waals surface area contributed by atoms with Crippen LogP contribution in [-0.2, 0) is 0 Å². The van der Waals surface area contributed by atoms with Gasteiger partial charge in [0.25, 0.3) is 0 Å². The predicted molar refractivity (Wildman–Crippen MR) is 54.8 cm³/mol. The van der Waals surface area contributed by atoms with Crippen molar-refractivity contribution in [2.75, 3.05) is 7.11 Å². The molecule has 0 spiro atoms. The molecule has 0 heterocycles. The highest BCUT2D eigenvalue weighted by atomic mass is 16.5. The number of rotatable bonds is 4. The molecular formula is C11H17NO. The van der Waals surface area contributed by atoms with Gasteiger partial charge in [0.15, 0.2) is 0 Å². The van der Waals surface area contributed by atoms with E-state index in [1.165, 1.54) is 0 Å². The van der Waals surface area contributed by atoms with Crippen LogP contribution in [0.15, 0.2) is 24.3 Å². The van der Waals surface area contributed by atoms with Crippen LogP contribution in [0.3, 0.4) is 0 Å². The molecule has 2 N–H and O–H groups in total. The Kier molecular flexibility index (Phi) is 3.77. The molecule has 13 heavy (non-hydrogen) atoms. The van der Waals surface area contributed by atoms with E-state index < -0.39 is 0 Å². The summed E-state index contributed by atoms with van der Waals surface area (Å²) in [5.41, 5.74) is 7.11. The van der Waals surface area contributed by atoms with Crippen LogP contribution in [0.25, 0.3) is 0 Å². The third kappa shape index (κ3) is 2.46. The molecule has 0 aliphatic heterocycles. The van der Waals surface area contributed by atoms with Crippen molar-refractivity contribution >= 4 is 0 Å². The van der Waals surface area contributed by atoms with Gasteiger partial charge in [-0.05, 0) is 12.5 Å². The Balaban J connectivity index is 2.85. The fourth-order valence-corrected chi connectivity index (χ4v) is 1.44. The second kappa shape index (κ2) is 4.87. The molecule has 2 heteroatoms. The van der Waals surface area contributed by atoms with Gasteiger partial charge < -0.3 is 10.5 Å². The average molecular weight is 179 g/mol. The van der Waals surface area contributed by atoms with E-state index in [2.05, 4.69) is 6.92 Å². The molecule has 1 rings (SSSR count). The first-order chi connectivity index (χ1) is 6.29. The Bertz CT molecular complexity index is 260. The van der Waals surface area contributed by atoms with Crippen LogP contribution in [0.1, 0.15) is 31.4 Å². The fraction of sp³-hybridized carbons (Fsp3) is 0.455. The maximum absolute atomic E-state index is 6.00. The number of para-hydroxylation sites is 1. The summed E-state index contributed by atoms with van der Waals surface area (Å²) in [5, 5.41) is 0. The minimum absolute atomic E-state index is 0.0983. The third-order valence-corrected chi connectivity index (χ3v) is 2.14. The predicted octanol–water partition coefficient (Wildman–Crippen LogP) is 2.50. The minimum Gasteiger partial charge on any atom is -0.496 e. The van der Waals surface area contributed by atoms with Crippen molar-refractivity contribution in [1.29, 1.82) is 0 Å². The zero-order valence-corrected chi connectivity index (χ0v) is 8.29. The van der Waals surface area contributed by atoms with Crippen molar-refractivity contribution in [2.24, 2.45) is 5.73 Å². The van der Waals surface area contributed by atoms with Crippen LogP contribution >= 0.6 is 0 Å². The topological polar surface area (TPSA) is 35.2 Å². The van der Waals surface area contributed by atoms with E-state index in [-0.39, 0.29) is 6.04 Å². The molecule has 0 aliphatic carbocycles. The molecule has 0 unspecified atom stereocenters. The lowest BCUT2D eigenvalue weighted by molar-refractivity contribution is 0.404. The highest BCUT2D eigenvalue weighted by molar-refractivity contribution is 5.35. The smallest absolute Gasteiger partial charge is 0.123 e. The summed E-state index contributed by atoms with van der Waals surface area (Å²) in [5.74, 6) is 0.892. The van der Waals surface area contributed by atoms with E-state index >= 15 is 0 Å². The number of benzene rings is 1. The molecule has 0 saturated carbocycles. The second-order valence-electron chi connectivity index (χ2n) is 3.14. The number of methoxy groups -OCH3 is 1. The van der Waals surface area contributed by atoms with Gasteiger partial charge in [-0.15, -0.1) is 0 Å². The van der Waals surface area contributed by atoms with Gasteiger partial charge in [0.1, 0.15) is 5.75 Å². The Morgan fingerprint density at radius 3 is 2.69 bits per heavy atom. The molecule has 1 aromatic carbocycles. The summed E-state index contributed by atoms with van der Waals surface area (Å²) >= 11 is 0. The minimum atomic E-state index is 0.0983. The molecule has 0 fully saturated rings. The Hall–Kier alpha value is -1.02. The molecule has 0 amide bonds. The van der Waals surface area contributed by atoms with Crippen LogP contribution in [0.4, 0.5) is 0 Å². The van der Waals surface area contributed by atoms with Crippen LogP contribution in [0.5, 0.6) is 5.75 Å². The van der Waals surface area contributed by atoms with E-state index in [9.17, 15) is 0 Å². The number of hydrogen-bond acceptors (Lipinski definition) is 2. The summed E-state index contributed by atoms with van der Waals surface area (Å²) in [6, 6.07) is 8.03. The molecule has 0 aliphatic rings. The van der Waals surface area contributed by atoms with Gasteiger partial charge in [-0.2, -0.15) is 0 Å². The third-order valence-electron chi connectivity index (χ3n) is 2.14. The fourth-order valence-electron chi connectivity index (χ4n) is 1.44. The number of ether oxygens (including phenoxy) is 1. The lowest BCUT2D eigenvalue weighted by Gasteiger charge is -2.14. The quantitative estimate of drug-likeness (QED) is 0.770. The molecule has 0 aromatic heterocycles. The van der Waals surface area contributed by atoms with Gasteiger partial charge in [0, 0.05) is 11.6 Å². The van der Waals surface area contributed by atoms with Gasteiger partial charge in [0.2, 0.25) is 0 Å². The van der Waals surface area contributed by atoms with Gasteiger partial charge >= 0.3 is 0 Å². The molecule has 1 aromatic rings. The van der Waals surface area contributed by atoms with Crippen LogP contribution in [0.2, 0.25) is 0 Å². The summed E-state index contributed by atoms with van der Waals surface area (Å²) in [4.78, 5) is 0. The van der Waals surface area contributed by atoms with Crippen molar-refractivity contribution in [1.82, 2.24) is 0 Å². The lowest BCUT2D eigenvalue weighted by Crippen LogP contribution is -2.10. The first kappa shape index (κ1) is 10.1. The maximum atomic E-state index is 6.00. The van der Waals surface area contributed by atoms with Gasteiger partial charge in [-0.25, -0.2) is 0 Å². The van der Waals surface area contributed by atoms with E-state index in [1.807, 2.05) is 24.3 Å². The SMILES string of the molecule is CCC[C@H](N)c1ccccc1OC. The first-order valence-corrected chi connectivity index (χ1v) is 4.68. The molecule has 72 valence electrons. The normalized spacial score (nSPS) is 12.5. The van der Waals surface area contributed by atoms with E-state index in [1.54, 1.807) is 7.11 Å². The standard InChI is InChI=1S/C11H17NO/c1-3-6-10(12)9-7-4-5-8-11(9)13-2/h4-5,7-8,10H,3,6,12H2,1-2H3/t10-/m0/s1. The van der Waals surface area contributed by atoms with E-state index in [0.29, 0.717) is 0 Å². The van der Waals surface area contributed by atoms with Crippen molar-refractivity contribution in [3.8, 4) is 5.75 Å². The van der Waals surface area contributed by atoms with Crippen molar-refractivity contribution in [2.45, 2.75) is 25.8 Å². The maximum Gasteiger partial charge on any atom is 0.123 e. The molecule has 0 bridgehead atoms. The first-order valence-electron chi connectivity index (χ1n) is 4.68. The van der Waals surface area contributed by atoms with Crippen molar-refractivity contribution in [3.63, 3.8) is 0 Å². The summed E-state index contributed by atoms with van der Waals surface area (Å²) in [7, 11) is 1.68. The molecule has 0 radical (unpaired) electrons. The number of nitrogens with two attached hydrogens (primary N) is 1. The zero-order valence-electron chi connectivity index (χ0n) is 8.29. The lowest BCUT2D eigenvalue weighted by atomic mass is 10.0.